The molecule has 39 heavy (non-hydrogen) atoms. The fourth-order valence-electron chi connectivity index (χ4n) is 6.54. The number of amidine groups is 1. The van der Waals surface area contributed by atoms with Crippen LogP contribution in [-0.4, -0.2) is 52.0 Å². The lowest BCUT2D eigenvalue weighted by Gasteiger charge is -2.60. The third-order valence-corrected chi connectivity index (χ3v) is 9.02. The van der Waals surface area contributed by atoms with Gasteiger partial charge in [-0.1, -0.05) is 103 Å². The van der Waals surface area contributed by atoms with Crippen LogP contribution in [-0.2, 0) is 13.1 Å². The van der Waals surface area contributed by atoms with Gasteiger partial charge in [-0.15, -0.1) is 0 Å². The number of rotatable bonds is 5. The Morgan fingerprint density at radius 1 is 0.821 bits per heavy atom. The SMILES string of the molecule is N#C[C@]12CN(Cc3ccccc3)C[C@](C#N)(C(=S)N3CN(Cc4ccccc4)CN=C31)[C@@H]2c1ccccc1Cl. The number of nitrogens with zero attached hydrogens (tertiary/aromatic N) is 6. The summed E-state index contributed by atoms with van der Waals surface area (Å²) in [6.07, 6.45) is 0. The first-order valence-corrected chi connectivity index (χ1v) is 13.8. The molecule has 0 amide bonds. The number of nitriles is 2. The number of hydrogen-bond donors (Lipinski definition) is 0. The van der Waals surface area contributed by atoms with Gasteiger partial charge < -0.3 is 4.90 Å². The van der Waals surface area contributed by atoms with Gasteiger partial charge in [-0.05, 0) is 22.8 Å². The molecule has 194 valence electrons. The molecule has 0 unspecified atom stereocenters. The average Bonchev–Trinajstić information content (AvgIpc) is 2.97. The summed E-state index contributed by atoms with van der Waals surface area (Å²) >= 11 is 13.0. The number of thiocarbonyl (C=S) groups is 1. The van der Waals surface area contributed by atoms with Gasteiger partial charge in [0.05, 0.1) is 25.5 Å². The Hall–Kier alpha value is -3.59. The van der Waals surface area contributed by atoms with Gasteiger partial charge in [0, 0.05) is 37.1 Å². The molecule has 0 N–H and O–H groups in total. The summed E-state index contributed by atoms with van der Waals surface area (Å²) in [5.41, 5.74) is 0.827. The van der Waals surface area contributed by atoms with Gasteiger partial charge in [-0.2, -0.15) is 10.5 Å². The molecule has 3 aliphatic heterocycles. The van der Waals surface area contributed by atoms with Crippen LogP contribution in [0.4, 0.5) is 0 Å². The first kappa shape index (κ1) is 25.7. The van der Waals surface area contributed by atoms with E-state index in [4.69, 9.17) is 28.8 Å². The number of benzene rings is 3. The zero-order valence-corrected chi connectivity index (χ0v) is 22.9. The maximum Gasteiger partial charge on any atom is 0.136 e. The molecule has 6 nitrogen and oxygen atoms in total. The summed E-state index contributed by atoms with van der Waals surface area (Å²) in [6, 6.07) is 33.2. The molecule has 3 aromatic carbocycles. The standard InChI is InChI=1S/C31H27ClN6S/c32-26-14-8-7-13-25(26)27-30(17-33)19-36(15-23-9-3-1-4-10-23)20-31(27,18-34)29(39)38-22-37(21-35-28(30)38)16-24-11-5-2-6-12-24/h1-14,27H,15-16,19-22H2/t27-,30-,31+/m1/s1. The van der Waals surface area contributed by atoms with Crippen molar-refractivity contribution in [1.82, 2.24) is 14.7 Å². The van der Waals surface area contributed by atoms with E-state index in [9.17, 15) is 10.5 Å². The molecule has 2 fully saturated rings. The molecule has 0 aromatic heterocycles. The number of fused-ring (bicyclic) bond motifs is 4. The highest BCUT2D eigenvalue weighted by molar-refractivity contribution is 7.80. The van der Waals surface area contributed by atoms with Crippen LogP contribution in [0.15, 0.2) is 89.9 Å². The Morgan fingerprint density at radius 2 is 1.38 bits per heavy atom. The van der Waals surface area contributed by atoms with Gasteiger partial charge in [-0.25, -0.2) is 0 Å². The van der Waals surface area contributed by atoms with Gasteiger partial charge in [0.15, 0.2) is 0 Å². The molecular weight excluding hydrogens is 524 g/mol. The summed E-state index contributed by atoms with van der Waals surface area (Å²) in [4.78, 5) is 11.9. The van der Waals surface area contributed by atoms with Crippen LogP contribution >= 0.6 is 23.8 Å². The van der Waals surface area contributed by atoms with E-state index in [0.29, 0.717) is 55.4 Å². The summed E-state index contributed by atoms with van der Waals surface area (Å²) < 4.78 is 0. The van der Waals surface area contributed by atoms with Gasteiger partial charge in [0.25, 0.3) is 0 Å². The van der Waals surface area contributed by atoms with E-state index in [1.54, 1.807) is 0 Å². The van der Waals surface area contributed by atoms with Gasteiger partial charge in [0.2, 0.25) is 0 Å². The van der Waals surface area contributed by atoms with Gasteiger partial charge in [0.1, 0.15) is 21.7 Å². The summed E-state index contributed by atoms with van der Waals surface area (Å²) in [5.74, 6) is 0.108. The quantitative estimate of drug-likeness (QED) is 0.394. The number of hydrogen-bond acceptors (Lipinski definition) is 6. The highest BCUT2D eigenvalue weighted by Gasteiger charge is 2.68. The zero-order chi connectivity index (χ0) is 27.0. The number of piperidine rings is 2. The molecular formula is C31H27ClN6S. The van der Waals surface area contributed by atoms with E-state index in [1.165, 1.54) is 5.56 Å². The molecule has 0 aliphatic carbocycles. The minimum atomic E-state index is -1.14. The topological polar surface area (TPSA) is 69.7 Å². The van der Waals surface area contributed by atoms with Crippen molar-refractivity contribution in [2.24, 2.45) is 15.8 Å². The summed E-state index contributed by atoms with van der Waals surface area (Å²) in [7, 11) is 0. The van der Waals surface area contributed by atoms with Crippen molar-refractivity contribution in [3.63, 3.8) is 0 Å². The van der Waals surface area contributed by atoms with Gasteiger partial charge in [-0.3, -0.25) is 14.8 Å². The van der Waals surface area contributed by atoms with Crippen LogP contribution in [0.2, 0.25) is 5.02 Å². The van der Waals surface area contributed by atoms with Crippen LogP contribution < -0.4 is 0 Å². The lowest BCUT2D eigenvalue weighted by Crippen LogP contribution is -2.73. The average molecular weight is 551 g/mol. The van der Waals surface area contributed by atoms with Crippen LogP contribution in [0, 0.1) is 33.5 Å². The third-order valence-electron chi connectivity index (χ3n) is 8.09. The molecule has 3 atom stereocenters. The Morgan fingerprint density at radius 3 is 2.00 bits per heavy atom. The second kappa shape index (κ2) is 10.2. The second-order valence-electron chi connectivity index (χ2n) is 10.6. The predicted octanol–water partition coefficient (Wildman–Crippen LogP) is 5.43. The van der Waals surface area contributed by atoms with E-state index in [1.807, 2.05) is 65.6 Å². The molecule has 2 bridgehead atoms. The Kier molecular flexibility index (Phi) is 6.71. The van der Waals surface area contributed by atoms with E-state index in [-0.39, 0.29) is 0 Å². The third kappa shape index (κ3) is 4.23. The van der Waals surface area contributed by atoms with Crippen molar-refractivity contribution >= 4 is 34.6 Å². The van der Waals surface area contributed by atoms with E-state index < -0.39 is 16.7 Å². The predicted molar refractivity (Wildman–Crippen MR) is 156 cm³/mol. The lowest BCUT2D eigenvalue weighted by molar-refractivity contribution is 0.0525. The first-order valence-electron chi connectivity index (χ1n) is 13.0. The molecule has 3 aliphatic rings. The smallest absolute Gasteiger partial charge is 0.136 e. The van der Waals surface area contributed by atoms with Crippen LogP contribution in [0.3, 0.4) is 0 Å². The minimum Gasteiger partial charge on any atom is -0.308 e. The van der Waals surface area contributed by atoms with Gasteiger partial charge >= 0.3 is 0 Å². The van der Waals surface area contributed by atoms with Crippen molar-refractivity contribution in [1.29, 1.82) is 10.5 Å². The van der Waals surface area contributed by atoms with Crippen molar-refractivity contribution in [3.05, 3.63) is 107 Å². The van der Waals surface area contributed by atoms with Crippen molar-refractivity contribution in [2.45, 2.75) is 19.0 Å². The van der Waals surface area contributed by atoms with Crippen LogP contribution in [0.1, 0.15) is 22.6 Å². The summed E-state index contributed by atoms with van der Waals surface area (Å²) in [5, 5.41) is 22.6. The normalized spacial score (nSPS) is 26.7. The number of halogens is 1. The maximum absolute atomic E-state index is 11.0. The molecule has 0 radical (unpaired) electrons. The monoisotopic (exact) mass is 550 g/mol. The Bertz CT molecular complexity index is 1510. The molecule has 6 rings (SSSR count). The zero-order valence-electron chi connectivity index (χ0n) is 21.4. The number of aliphatic imine (C=N–C) groups is 1. The fourth-order valence-corrected chi connectivity index (χ4v) is 7.15. The number of likely N-dealkylation sites (tertiary alicyclic amines) is 1. The fraction of sp³-hybridized carbons (Fsp3) is 0.290. The summed E-state index contributed by atoms with van der Waals surface area (Å²) in [6.45, 7) is 3.06. The Balaban J connectivity index is 1.47. The molecule has 8 heteroatoms. The molecule has 0 spiro atoms. The van der Waals surface area contributed by atoms with Crippen molar-refractivity contribution < 1.29 is 0 Å². The van der Waals surface area contributed by atoms with E-state index >= 15 is 0 Å². The Labute approximate surface area is 239 Å². The minimum absolute atomic E-state index is 0.402. The maximum atomic E-state index is 11.0. The van der Waals surface area contributed by atoms with Crippen LogP contribution in [0.5, 0.6) is 0 Å². The largest absolute Gasteiger partial charge is 0.308 e. The first-order chi connectivity index (χ1) is 19.0. The van der Waals surface area contributed by atoms with Crippen molar-refractivity contribution in [3.8, 4) is 12.1 Å². The van der Waals surface area contributed by atoms with Crippen molar-refractivity contribution in [2.75, 3.05) is 26.4 Å². The molecule has 3 heterocycles. The lowest BCUT2D eigenvalue weighted by atomic mass is 9.53. The highest BCUT2D eigenvalue weighted by Crippen LogP contribution is 2.59. The molecule has 2 saturated heterocycles. The molecule has 3 aromatic rings. The van der Waals surface area contributed by atoms with Crippen LogP contribution in [0.25, 0.3) is 0 Å². The highest BCUT2D eigenvalue weighted by atomic mass is 35.5. The van der Waals surface area contributed by atoms with E-state index in [0.717, 1.165) is 11.1 Å². The second-order valence-corrected chi connectivity index (χ2v) is 11.4. The molecule has 0 saturated carbocycles. The van der Waals surface area contributed by atoms with E-state index in [2.05, 4.69) is 46.2 Å².